The molecule has 2 N–H and O–H groups in total. The van der Waals surface area contributed by atoms with Crippen LogP contribution in [0.15, 0.2) is 16.9 Å². The number of hydrogen-bond donors (Lipinski definition) is 2. The molecule has 5 nitrogen and oxygen atoms in total. The minimum Gasteiger partial charge on any atom is -0.393 e. The highest BCUT2D eigenvalue weighted by molar-refractivity contribution is 5.94. The molecule has 1 rings (SSSR count). The third-order valence-electron chi connectivity index (χ3n) is 2.45. The van der Waals surface area contributed by atoms with Gasteiger partial charge in [-0.3, -0.25) is 9.59 Å². The van der Waals surface area contributed by atoms with Crippen molar-refractivity contribution in [2.45, 2.75) is 26.4 Å². The maximum Gasteiger partial charge on any atom is 0.253 e. The average molecular weight is 238 g/mol. The molecule has 1 heterocycles. The molecule has 0 bridgehead atoms. The van der Waals surface area contributed by atoms with E-state index in [4.69, 9.17) is 5.11 Å². The Labute approximate surface area is 100 Å². The van der Waals surface area contributed by atoms with Crippen molar-refractivity contribution in [2.24, 2.45) is 0 Å². The summed E-state index contributed by atoms with van der Waals surface area (Å²) in [6.45, 7) is 3.87. The van der Waals surface area contributed by atoms with Crippen LogP contribution in [-0.4, -0.2) is 40.6 Å². The molecule has 0 radical (unpaired) electrons. The zero-order valence-corrected chi connectivity index (χ0v) is 10.4. The van der Waals surface area contributed by atoms with Crippen molar-refractivity contribution >= 4 is 5.91 Å². The van der Waals surface area contributed by atoms with Crippen LogP contribution in [0.25, 0.3) is 0 Å². The van der Waals surface area contributed by atoms with Crippen molar-refractivity contribution in [1.82, 2.24) is 9.88 Å². The van der Waals surface area contributed by atoms with E-state index in [-0.39, 0.29) is 11.5 Å². The van der Waals surface area contributed by atoms with Crippen LogP contribution < -0.4 is 5.56 Å². The number of amides is 1. The molecule has 1 aromatic heterocycles. The number of hydrogen-bond acceptors (Lipinski definition) is 3. The van der Waals surface area contributed by atoms with Gasteiger partial charge in [0.2, 0.25) is 5.56 Å². The fourth-order valence-corrected chi connectivity index (χ4v) is 1.51. The second-order valence-electron chi connectivity index (χ2n) is 4.28. The van der Waals surface area contributed by atoms with Gasteiger partial charge in [0.05, 0.1) is 6.10 Å². The van der Waals surface area contributed by atoms with E-state index in [0.29, 0.717) is 24.2 Å². The number of aromatic nitrogens is 1. The molecule has 17 heavy (non-hydrogen) atoms. The SMILES string of the molecule is Cc1cc(C(=O)N(C)CCC(C)O)cc(=O)[nH]1. The Bertz CT molecular complexity index is 451. The van der Waals surface area contributed by atoms with Crippen LogP contribution in [0.5, 0.6) is 0 Å². The summed E-state index contributed by atoms with van der Waals surface area (Å²) in [5.74, 6) is -0.208. The second kappa shape index (κ2) is 5.63. The Kier molecular flexibility index (Phi) is 4.45. The lowest BCUT2D eigenvalue weighted by atomic mass is 10.2. The Hall–Kier alpha value is -1.62. The first-order valence-electron chi connectivity index (χ1n) is 5.54. The van der Waals surface area contributed by atoms with Gasteiger partial charge in [0.1, 0.15) is 0 Å². The van der Waals surface area contributed by atoms with Gasteiger partial charge in [-0.05, 0) is 26.3 Å². The van der Waals surface area contributed by atoms with E-state index in [1.807, 2.05) is 0 Å². The van der Waals surface area contributed by atoms with Crippen molar-refractivity contribution in [3.8, 4) is 0 Å². The van der Waals surface area contributed by atoms with Gasteiger partial charge >= 0.3 is 0 Å². The first kappa shape index (κ1) is 13.4. The van der Waals surface area contributed by atoms with E-state index >= 15 is 0 Å². The smallest absolute Gasteiger partial charge is 0.253 e. The van der Waals surface area contributed by atoms with Gasteiger partial charge in [-0.25, -0.2) is 0 Å². The lowest BCUT2D eigenvalue weighted by Crippen LogP contribution is -2.30. The van der Waals surface area contributed by atoms with Crippen LogP contribution in [0.3, 0.4) is 0 Å². The Morgan fingerprint density at radius 1 is 1.53 bits per heavy atom. The molecule has 1 aromatic rings. The van der Waals surface area contributed by atoms with E-state index in [1.54, 1.807) is 27.0 Å². The highest BCUT2D eigenvalue weighted by Crippen LogP contribution is 2.03. The topological polar surface area (TPSA) is 73.4 Å². The minimum atomic E-state index is -0.439. The fourth-order valence-electron chi connectivity index (χ4n) is 1.51. The molecule has 0 spiro atoms. The fraction of sp³-hybridized carbons (Fsp3) is 0.500. The standard InChI is InChI=1S/C12H18N2O3/c1-8-6-10(7-11(16)13-8)12(17)14(3)5-4-9(2)15/h6-7,9,15H,4-5H2,1-3H3,(H,13,16). The molecule has 1 atom stereocenters. The highest BCUT2D eigenvalue weighted by atomic mass is 16.3. The molecule has 1 unspecified atom stereocenters. The van der Waals surface area contributed by atoms with Gasteiger partial charge in [0.25, 0.3) is 5.91 Å². The molecule has 0 aromatic carbocycles. The Balaban J connectivity index is 2.78. The molecule has 0 aliphatic rings. The first-order valence-corrected chi connectivity index (χ1v) is 5.54. The number of H-pyrrole nitrogens is 1. The lowest BCUT2D eigenvalue weighted by molar-refractivity contribution is 0.0768. The van der Waals surface area contributed by atoms with Crippen molar-refractivity contribution in [3.05, 3.63) is 33.7 Å². The second-order valence-corrected chi connectivity index (χ2v) is 4.28. The summed E-state index contributed by atoms with van der Waals surface area (Å²) in [5.41, 5.74) is 0.751. The van der Waals surface area contributed by atoms with Crippen LogP contribution >= 0.6 is 0 Å². The van der Waals surface area contributed by atoms with Gasteiger partial charge in [-0.2, -0.15) is 0 Å². The maximum atomic E-state index is 12.0. The van der Waals surface area contributed by atoms with E-state index in [9.17, 15) is 9.59 Å². The molecule has 0 saturated carbocycles. The number of carbonyl (C=O) groups is 1. The Morgan fingerprint density at radius 2 is 2.18 bits per heavy atom. The number of nitrogens with one attached hydrogen (secondary N) is 1. The summed E-state index contributed by atoms with van der Waals surface area (Å²) in [7, 11) is 1.65. The molecule has 1 amide bonds. The number of aromatic amines is 1. The van der Waals surface area contributed by atoms with Crippen molar-refractivity contribution in [3.63, 3.8) is 0 Å². The molecule has 0 saturated heterocycles. The molecule has 0 aliphatic heterocycles. The molecule has 94 valence electrons. The monoisotopic (exact) mass is 238 g/mol. The minimum absolute atomic E-state index is 0.208. The summed E-state index contributed by atoms with van der Waals surface area (Å²) in [6.07, 6.45) is 0.0795. The largest absolute Gasteiger partial charge is 0.393 e. The van der Waals surface area contributed by atoms with Crippen molar-refractivity contribution < 1.29 is 9.90 Å². The quantitative estimate of drug-likeness (QED) is 0.803. The zero-order chi connectivity index (χ0) is 13.0. The van der Waals surface area contributed by atoms with Crippen molar-refractivity contribution in [1.29, 1.82) is 0 Å². The summed E-state index contributed by atoms with van der Waals surface area (Å²) in [4.78, 5) is 27.3. The first-order chi connectivity index (χ1) is 7.90. The summed E-state index contributed by atoms with van der Waals surface area (Å²) >= 11 is 0. The zero-order valence-electron chi connectivity index (χ0n) is 10.4. The average Bonchev–Trinajstić information content (AvgIpc) is 2.23. The molecule has 0 aliphatic carbocycles. The van der Waals surface area contributed by atoms with E-state index in [2.05, 4.69) is 4.98 Å². The maximum absolute atomic E-state index is 12.0. The van der Waals surface area contributed by atoms with Crippen LogP contribution in [0.4, 0.5) is 0 Å². The number of carbonyl (C=O) groups excluding carboxylic acids is 1. The van der Waals surface area contributed by atoms with Gasteiger partial charge in [0.15, 0.2) is 0 Å². The molecule has 0 fully saturated rings. The lowest BCUT2D eigenvalue weighted by Gasteiger charge is -2.18. The summed E-state index contributed by atoms with van der Waals surface area (Å²) in [5, 5.41) is 9.15. The van der Waals surface area contributed by atoms with Gasteiger partial charge in [-0.15, -0.1) is 0 Å². The van der Waals surface area contributed by atoms with E-state index in [0.717, 1.165) is 0 Å². The van der Waals surface area contributed by atoms with E-state index in [1.165, 1.54) is 11.0 Å². The van der Waals surface area contributed by atoms with Crippen LogP contribution in [0.1, 0.15) is 29.4 Å². The van der Waals surface area contributed by atoms with Gasteiger partial charge in [0, 0.05) is 30.9 Å². The third-order valence-corrected chi connectivity index (χ3v) is 2.45. The van der Waals surface area contributed by atoms with Gasteiger partial charge < -0.3 is 15.0 Å². The molecular formula is C12H18N2O3. The highest BCUT2D eigenvalue weighted by Gasteiger charge is 2.13. The van der Waals surface area contributed by atoms with Gasteiger partial charge in [-0.1, -0.05) is 0 Å². The summed E-state index contributed by atoms with van der Waals surface area (Å²) < 4.78 is 0. The number of nitrogens with zero attached hydrogens (tertiary/aromatic N) is 1. The third kappa shape index (κ3) is 4.03. The number of pyridine rings is 1. The predicted octanol–water partition coefficient (Wildman–Crippen LogP) is 0.526. The van der Waals surface area contributed by atoms with Crippen molar-refractivity contribution in [2.75, 3.05) is 13.6 Å². The normalized spacial score (nSPS) is 12.2. The van der Waals surface area contributed by atoms with Crippen LogP contribution in [-0.2, 0) is 0 Å². The van der Waals surface area contributed by atoms with E-state index < -0.39 is 6.10 Å². The Morgan fingerprint density at radius 3 is 2.71 bits per heavy atom. The van der Waals surface area contributed by atoms with Crippen LogP contribution in [0, 0.1) is 6.92 Å². The number of rotatable bonds is 4. The molecule has 5 heteroatoms. The number of aryl methyl sites for hydroxylation is 1. The van der Waals surface area contributed by atoms with Crippen LogP contribution in [0.2, 0.25) is 0 Å². The number of aliphatic hydroxyl groups excluding tert-OH is 1. The molecular weight excluding hydrogens is 220 g/mol. The predicted molar refractivity (Wildman–Crippen MR) is 65.1 cm³/mol. The number of aliphatic hydroxyl groups is 1. The summed E-state index contributed by atoms with van der Waals surface area (Å²) in [6, 6.07) is 2.93.